The maximum atomic E-state index is 4.51. The van der Waals surface area contributed by atoms with Gasteiger partial charge in [-0.2, -0.15) is 5.10 Å². The average molecular weight is 322 g/mol. The number of benzene rings is 1. The summed E-state index contributed by atoms with van der Waals surface area (Å²) in [5, 5.41) is 8.05. The minimum Gasteiger partial charge on any atom is -0.305 e. The van der Waals surface area contributed by atoms with Gasteiger partial charge in [-0.1, -0.05) is 37.3 Å². The molecule has 0 aliphatic rings. The SMILES string of the molecule is CCc1nn(C)c(CNC(C)c2ccccc2)c1Br. The van der Waals surface area contributed by atoms with Crippen LogP contribution < -0.4 is 5.32 Å². The van der Waals surface area contributed by atoms with E-state index >= 15 is 0 Å². The van der Waals surface area contributed by atoms with Crippen molar-refractivity contribution in [3.05, 3.63) is 51.8 Å². The number of halogens is 1. The van der Waals surface area contributed by atoms with Gasteiger partial charge in [-0.05, 0) is 34.8 Å². The molecule has 1 aromatic heterocycles. The highest BCUT2D eigenvalue weighted by Crippen LogP contribution is 2.22. The summed E-state index contributed by atoms with van der Waals surface area (Å²) in [6.07, 6.45) is 0.947. The Morgan fingerprint density at radius 3 is 2.58 bits per heavy atom. The van der Waals surface area contributed by atoms with E-state index in [0.717, 1.165) is 23.1 Å². The zero-order valence-electron chi connectivity index (χ0n) is 11.7. The van der Waals surface area contributed by atoms with Gasteiger partial charge in [-0.15, -0.1) is 0 Å². The van der Waals surface area contributed by atoms with Gasteiger partial charge in [0.2, 0.25) is 0 Å². The second-order valence-corrected chi connectivity index (χ2v) is 5.49. The van der Waals surface area contributed by atoms with Crippen LogP contribution >= 0.6 is 15.9 Å². The van der Waals surface area contributed by atoms with Gasteiger partial charge in [0.15, 0.2) is 0 Å². The number of hydrogen-bond acceptors (Lipinski definition) is 2. The monoisotopic (exact) mass is 321 g/mol. The minimum absolute atomic E-state index is 0.327. The molecule has 4 heteroatoms. The van der Waals surface area contributed by atoms with E-state index < -0.39 is 0 Å². The first kappa shape index (κ1) is 14.3. The highest BCUT2D eigenvalue weighted by atomic mass is 79.9. The van der Waals surface area contributed by atoms with Gasteiger partial charge in [-0.3, -0.25) is 4.68 Å². The number of aromatic nitrogens is 2. The Labute approximate surface area is 123 Å². The smallest absolute Gasteiger partial charge is 0.0767 e. The molecule has 0 saturated heterocycles. The molecule has 1 heterocycles. The van der Waals surface area contributed by atoms with E-state index in [2.05, 4.69) is 64.5 Å². The molecule has 1 N–H and O–H groups in total. The standard InChI is InChI=1S/C15H20BrN3/c1-4-13-15(16)14(19(3)18-13)10-17-11(2)12-8-6-5-7-9-12/h5-9,11,17H,4,10H2,1-3H3. The quantitative estimate of drug-likeness (QED) is 0.911. The Kier molecular flexibility index (Phi) is 4.77. The van der Waals surface area contributed by atoms with Crippen LogP contribution in [0, 0.1) is 0 Å². The molecule has 0 bridgehead atoms. The summed E-state index contributed by atoms with van der Waals surface area (Å²) < 4.78 is 3.08. The second-order valence-electron chi connectivity index (χ2n) is 4.70. The number of hydrogen-bond donors (Lipinski definition) is 1. The number of nitrogens with zero attached hydrogens (tertiary/aromatic N) is 2. The van der Waals surface area contributed by atoms with E-state index in [1.165, 1.54) is 11.3 Å². The maximum absolute atomic E-state index is 4.51. The second kappa shape index (κ2) is 6.35. The van der Waals surface area contributed by atoms with Crippen molar-refractivity contribution < 1.29 is 0 Å². The highest BCUT2D eigenvalue weighted by molar-refractivity contribution is 9.10. The van der Waals surface area contributed by atoms with E-state index in [1.807, 2.05) is 17.8 Å². The van der Waals surface area contributed by atoms with Crippen LogP contribution in [0.4, 0.5) is 0 Å². The summed E-state index contributed by atoms with van der Waals surface area (Å²) in [6.45, 7) is 5.11. The molecule has 1 unspecified atom stereocenters. The predicted molar refractivity (Wildman–Crippen MR) is 82.0 cm³/mol. The summed E-state index contributed by atoms with van der Waals surface area (Å²) >= 11 is 3.65. The fourth-order valence-electron chi connectivity index (χ4n) is 2.12. The van der Waals surface area contributed by atoms with Crippen molar-refractivity contribution in [2.75, 3.05) is 0 Å². The molecule has 0 spiro atoms. The lowest BCUT2D eigenvalue weighted by molar-refractivity contribution is 0.547. The first-order valence-corrected chi connectivity index (χ1v) is 7.41. The van der Waals surface area contributed by atoms with Gasteiger partial charge in [-0.25, -0.2) is 0 Å². The van der Waals surface area contributed by atoms with Gasteiger partial charge in [0, 0.05) is 19.6 Å². The minimum atomic E-state index is 0.327. The van der Waals surface area contributed by atoms with Crippen LogP contribution in [0.2, 0.25) is 0 Å². The molecule has 0 fully saturated rings. The normalized spacial score (nSPS) is 12.6. The van der Waals surface area contributed by atoms with E-state index in [9.17, 15) is 0 Å². The van der Waals surface area contributed by atoms with Crippen molar-refractivity contribution >= 4 is 15.9 Å². The molecular formula is C15H20BrN3. The first-order chi connectivity index (χ1) is 9.13. The lowest BCUT2D eigenvalue weighted by atomic mass is 10.1. The molecule has 0 saturated carbocycles. The molecule has 102 valence electrons. The lowest BCUT2D eigenvalue weighted by Crippen LogP contribution is -2.20. The van der Waals surface area contributed by atoms with Crippen molar-refractivity contribution in [2.24, 2.45) is 7.05 Å². The van der Waals surface area contributed by atoms with Crippen LogP contribution in [0.5, 0.6) is 0 Å². The third-order valence-electron chi connectivity index (χ3n) is 3.38. The largest absolute Gasteiger partial charge is 0.305 e. The van der Waals surface area contributed by atoms with Gasteiger partial charge < -0.3 is 5.32 Å². The van der Waals surface area contributed by atoms with Crippen molar-refractivity contribution in [3.8, 4) is 0 Å². The molecule has 2 aromatic rings. The Morgan fingerprint density at radius 1 is 1.32 bits per heavy atom. The van der Waals surface area contributed by atoms with E-state index in [0.29, 0.717) is 6.04 Å². The van der Waals surface area contributed by atoms with E-state index in [4.69, 9.17) is 0 Å². The highest BCUT2D eigenvalue weighted by Gasteiger charge is 2.13. The van der Waals surface area contributed by atoms with Crippen LogP contribution in [0.3, 0.4) is 0 Å². The zero-order valence-corrected chi connectivity index (χ0v) is 13.2. The van der Waals surface area contributed by atoms with Gasteiger partial charge in [0.1, 0.15) is 0 Å². The topological polar surface area (TPSA) is 29.9 Å². The van der Waals surface area contributed by atoms with E-state index in [-0.39, 0.29) is 0 Å². The first-order valence-electron chi connectivity index (χ1n) is 6.62. The fraction of sp³-hybridized carbons (Fsp3) is 0.400. The summed E-state index contributed by atoms with van der Waals surface area (Å²) in [6, 6.07) is 10.8. The molecule has 0 amide bonds. The Hall–Kier alpha value is -1.13. The number of aryl methyl sites for hydroxylation is 2. The summed E-state index contributed by atoms with van der Waals surface area (Å²) in [5.74, 6) is 0. The van der Waals surface area contributed by atoms with Crippen LogP contribution in [0.15, 0.2) is 34.8 Å². The molecule has 0 aliphatic heterocycles. The molecule has 0 radical (unpaired) electrons. The number of rotatable bonds is 5. The third kappa shape index (κ3) is 3.25. The van der Waals surface area contributed by atoms with Crippen LogP contribution in [0.1, 0.15) is 36.8 Å². The molecule has 1 aromatic carbocycles. The molecular weight excluding hydrogens is 302 g/mol. The van der Waals surface area contributed by atoms with Crippen molar-refractivity contribution in [1.29, 1.82) is 0 Å². The van der Waals surface area contributed by atoms with Crippen molar-refractivity contribution in [1.82, 2.24) is 15.1 Å². The lowest BCUT2D eigenvalue weighted by Gasteiger charge is -2.14. The summed E-state index contributed by atoms with van der Waals surface area (Å²) in [5.41, 5.74) is 3.61. The number of nitrogens with one attached hydrogen (secondary N) is 1. The third-order valence-corrected chi connectivity index (χ3v) is 4.29. The molecule has 19 heavy (non-hydrogen) atoms. The molecule has 3 nitrogen and oxygen atoms in total. The van der Waals surface area contributed by atoms with Gasteiger partial charge in [0.05, 0.1) is 15.9 Å². The molecule has 2 rings (SSSR count). The van der Waals surface area contributed by atoms with Crippen LogP contribution in [-0.2, 0) is 20.0 Å². The van der Waals surface area contributed by atoms with Crippen molar-refractivity contribution in [3.63, 3.8) is 0 Å². The van der Waals surface area contributed by atoms with Crippen LogP contribution in [-0.4, -0.2) is 9.78 Å². The Bertz CT molecular complexity index is 534. The van der Waals surface area contributed by atoms with Gasteiger partial charge >= 0.3 is 0 Å². The van der Waals surface area contributed by atoms with Crippen LogP contribution in [0.25, 0.3) is 0 Å². The molecule has 1 atom stereocenters. The van der Waals surface area contributed by atoms with Gasteiger partial charge in [0.25, 0.3) is 0 Å². The average Bonchev–Trinajstić information content (AvgIpc) is 2.72. The van der Waals surface area contributed by atoms with E-state index in [1.54, 1.807) is 0 Å². The van der Waals surface area contributed by atoms with Crippen molar-refractivity contribution in [2.45, 2.75) is 32.9 Å². The Morgan fingerprint density at radius 2 is 2.00 bits per heavy atom. The summed E-state index contributed by atoms with van der Waals surface area (Å²) in [7, 11) is 1.99. The molecule has 0 aliphatic carbocycles. The zero-order chi connectivity index (χ0) is 13.8. The summed E-state index contributed by atoms with van der Waals surface area (Å²) in [4.78, 5) is 0. The fourth-order valence-corrected chi connectivity index (χ4v) is 2.88. The Balaban J connectivity index is 2.05. The predicted octanol–water partition coefficient (Wildman–Crippen LogP) is 3.60. The maximum Gasteiger partial charge on any atom is 0.0767 e.